The first-order chi connectivity index (χ1) is 7.63. The van der Waals surface area contributed by atoms with E-state index in [1.165, 1.54) is 6.42 Å². The summed E-state index contributed by atoms with van der Waals surface area (Å²) in [4.78, 5) is 10.7. The number of hydrogen-bond donors (Lipinski definition) is 1. The normalized spacial score (nSPS) is 12.8. The second-order valence-corrected chi connectivity index (χ2v) is 5.14. The van der Waals surface area contributed by atoms with Gasteiger partial charge in [0.15, 0.2) is 0 Å². The number of nitrogens with one attached hydrogen (secondary N) is 1. The van der Waals surface area contributed by atoms with Gasteiger partial charge in [-0.25, -0.2) is 9.97 Å². The monoisotopic (exact) mass is 334 g/mol. The summed E-state index contributed by atoms with van der Waals surface area (Å²) < 4.78 is 1.06. The SMILES string of the molecule is CCC(C)N(C)CCNc1ncc(I)cn1. The summed E-state index contributed by atoms with van der Waals surface area (Å²) in [5.74, 6) is 0.706. The number of hydrogen-bond acceptors (Lipinski definition) is 4. The minimum Gasteiger partial charge on any atom is -0.353 e. The Balaban J connectivity index is 2.27. The van der Waals surface area contributed by atoms with Crippen molar-refractivity contribution in [3.8, 4) is 0 Å². The minimum atomic E-state index is 0.624. The highest BCUT2D eigenvalue weighted by Gasteiger charge is 2.05. The fourth-order valence-electron chi connectivity index (χ4n) is 1.28. The average Bonchev–Trinajstić information content (AvgIpc) is 2.30. The third kappa shape index (κ3) is 4.61. The van der Waals surface area contributed by atoms with Crippen molar-refractivity contribution in [1.82, 2.24) is 14.9 Å². The topological polar surface area (TPSA) is 41.0 Å². The quantitative estimate of drug-likeness (QED) is 0.810. The van der Waals surface area contributed by atoms with Crippen LogP contribution in [0.4, 0.5) is 5.95 Å². The molecule has 1 aromatic rings. The van der Waals surface area contributed by atoms with Gasteiger partial charge in [-0.2, -0.15) is 0 Å². The van der Waals surface area contributed by atoms with Crippen LogP contribution in [-0.4, -0.2) is 41.0 Å². The third-order valence-electron chi connectivity index (χ3n) is 2.71. The van der Waals surface area contributed by atoms with E-state index in [4.69, 9.17) is 0 Å². The van der Waals surface area contributed by atoms with Crippen molar-refractivity contribution in [2.45, 2.75) is 26.3 Å². The van der Waals surface area contributed by atoms with Crippen LogP contribution in [0.1, 0.15) is 20.3 Å². The highest BCUT2D eigenvalue weighted by atomic mass is 127. The molecule has 0 radical (unpaired) electrons. The van der Waals surface area contributed by atoms with Crippen LogP contribution in [0, 0.1) is 3.57 Å². The van der Waals surface area contributed by atoms with Crippen LogP contribution in [-0.2, 0) is 0 Å². The number of anilines is 1. The molecule has 0 saturated heterocycles. The highest BCUT2D eigenvalue weighted by Crippen LogP contribution is 2.03. The van der Waals surface area contributed by atoms with Gasteiger partial charge in [0.05, 0.1) is 0 Å². The van der Waals surface area contributed by atoms with Gasteiger partial charge in [0.2, 0.25) is 5.95 Å². The van der Waals surface area contributed by atoms with Crippen molar-refractivity contribution < 1.29 is 0 Å². The molecular weight excluding hydrogens is 315 g/mol. The van der Waals surface area contributed by atoms with E-state index in [0.717, 1.165) is 16.7 Å². The van der Waals surface area contributed by atoms with Crippen LogP contribution in [0.3, 0.4) is 0 Å². The first-order valence-electron chi connectivity index (χ1n) is 5.55. The van der Waals surface area contributed by atoms with Crippen LogP contribution in [0.15, 0.2) is 12.4 Å². The molecule has 0 aliphatic carbocycles. The molecule has 0 spiro atoms. The van der Waals surface area contributed by atoms with Gasteiger partial charge >= 0.3 is 0 Å². The maximum absolute atomic E-state index is 4.19. The van der Waals surface area contributed by atoms with Crippen LogP contribution in [0.5, 0.6) is 0 Å². The molecule has 5 heteroatoms. The molecule has 1 N–H and O–H groups in total. The van der Waals surface area contributed by atoms with Crippen LogP contribution in [0.2, 0.25) is 0 Å². The number of likely N-dealkylation sites (N-methyl/N-ethyl adjacent to an activating group) is 1. The Morgan fingerprint density at radius 1 is 1.44 bits per heavy atom. The molecule has 0 aromatic carbocycles. The fourth-order valence-corrected chi connectivity index (χ4v) is 1.56. The molecule has 90 valence electrons. The van der Waals surface area contributed by atoms with Crippen molar-refractivity contribution in [1.29, 1.82) is 0 Å². The van der Waals surface area contributed by atoms with E-state index in [-0.39, 0.29) is 0 Å². The first kappa shape index (κ1) is 13.6. The lowest BCUT2D eigenvalue weighted by atomic mass is 10.2. The smallest absolute Gasteiger partial charge is 0.222 e. The Morgan fingerprint density at radius 3 is 2.62 bits per heavy atom. The molecule has 1 rings (SSSR count). The average molecular weight is 334 g/mol. The van der Waals surface area contributed by atoms with Gasteiger partial charge in [-0.1, -0.05) is 6.92 Å². The molecule has 1 atom stereocenters. The lowest BCUT2D eigenvalue weighted by Crippen LogP contribution is -2.32. The van der Waals surface area contributed by atoms with E-state index in [0.29, 0.717) is 12.0 Å². The lowest BCUT2D eigenvalue weighted by molar-refractivity contribution is 0.261. The Labute approximate surface area is 111 Å². The predicted molar refractivity (Wildman–Crippen MR) is 75.6 cm³/mol. The van der Waals surface area contributed by atoms with Crippen LogP contribution in [0.25, 0.3) is 0 Å². The predicted octanol–water partition coefficient (Wildman–Crippen LogP) is 2.22. The molecule has 1 aromatic heterocycles. The van der Waals surface area contributed by atoms with Gasteiger partial charge in [0, 0.05) is 35.1 Å². The zero-order valence-electron chi connectivity index (χ0n) is 10.1. The van der Waals surface area contributed by atoms with Crippen LogP contribution >= 0.6 is 22.6 Å². The van der Waals surface area contributed by atoms with Crippen molar-refractivity contribution in [2.75, 3.05) is 25.5 Å². The van der Waals surface area contributed by atoms with Gasteiger partial charge in [0.25, 0.3) is 0 Å². The molecule has 1 heterocycles. The Hall–Kier alpha value is -0.430. The van der Waals surface area contributed by atoms with Crippen molar-refractivity contribution in [3.63, 3.8) is 0 Å². The van der Waals surface area contributed by atoms with Gasteiger partial charge < -0.3 is 10.2 Å². The Morgan fingerprint density at radius 2 is 2.06 bits per heavy atom. The second-order valence-electron chi connectivity index (χ2n) is 3.89. The standard InChI is InChI=1S/C11H19IN4/c1-4-9(2)16(3)6-5-13-11-14-7-10(12)8-15-11/h7-9H,4-6H2,1-3H3,(H,13,14,15). The van der Waals surface area contributed by atoms with Gasteiger partial charge in [-0.15, -0.1) is 0 Å². The Kier molecular flexibility index (Phi) is 5.97. The minimum absolute atomic E-state index is 0.624. The zero-order chi connectivity index (χ0) is 12.0. The maximum Gasteiger partial charge on any atom is 0.222 e. The number of halogens is 1. The summed E-state index contributed by atoms with van der Waals surface area (Å²) in [7, 11) is 2.14. The molecular formula is C11H19IN4. The molecule has 0 amide bonds. The van der Waals surface area contributed by atoms with Crippen LogP contribution < -0.4 is 5.32 Å². The molecule has 0 aliphatic heterocycles. The molecule has 16 heavy (non-hydrogen) atoms. The van der Waals surface area contributed by atoms with E-state index in [2.05, 4.69) is 63.7 Å². The zero-order valence-corrected chi connectivity index (χ0v) is 12.2. The van der Waals surface area contributed by atoms with Crippen molar-refractivity contribution >= 4 is 28.5 Å². The molecule has 0 fully saturated rings. The first-order valence-corrected chi connectivity index (χ1v) is 6.63. The van der Waals surface area contributed by atoms with E-state index in [1.54, 1.807) is 0 Å². The van der Waals surface area contributed by atoms with E-state index in [1.807, 2.05) is 12.4 Å². The van der Waals surface area contributed by atoms with Gasteiger partial charge in [-0.05, 0) is 43.0 Å². The lowest BCUT2D eigenvalue weighted by Gasteiger charge is -2.23. The maximum atomic E-state index is 4.19. The fraction of sp³-hybridized carbons (Fsp3) is 0.636. The Bertz CT molecular complexity index is 301. The highest BCUT2D eigenvalue weighted by molar-refractivity contribution is 14.1. The van der Waals surface area contributed by atoms with E-state index < -0.39 is 0 Å². The largest absolute Gasteiger partial charge is 0.353 e. The van der Waals surface area contributed by atoms with Crippen molar-refractivity contribution in [2.24, 2.45) is 0 Å². The number of nitrogens with zero attached hydrogens (tertiary/aromatic N) is 3. The summed E-state index contributed by atoms with van der Waals surface area (Å²) in [6.07, 6.45) is 4.80. The summed E-state index contributed by atoms with van der Waals surface area (Å²) >= 11 is 2.20. The van der Waals surface area contributed by atoms with E-state index >= 15 is 0 Å². The molecule has 4 nitrogen and oxygen atoms in total. The van der Waals surface area contributed by atoms with Crippen molar-refractivity contribution in [3.05, 3.63) is 16.0 Å². The summed E-state index contributed by atoms with van der Waals surface area (Å²) in [5, 5.41) is 3.21. The van der Waals surface area contributed by atoms with Gasteiger partial charge in [0.1, 0.15) is 0 Å². The summed E-state index contributed by atoms with van der Waals surface area (Å²) in [6.45, 7) is 6.32. The van der Waals surface area contributed by atoms with E-state index in [9.17, 15) is 0 Å². The second kappa shape index (κ2) is 7.01. The number of rotatable bonds is 6. The molecule has 1 unspecified atom stereocenters. The summed E-state index contributed by atoms with van der Waals surface area (Å²) in [6, 6.07) is 0.624. The van der Waals surface area contributed by atoms with Gasteiger partial charge in [-0.3, -0.25) is 0 Å². The number of aromatic nitrogens is 2. The summed E-state index contributed by atoms with van der Waals surface area (Å²) in [5.41, 5.74) is 0. The molecule has 0 aliphatic rings. The molecule has 0 saturated carbocycles. The third-order valence-corrected chi connectivity index (χ3v) is 3.27. The molecule has 0 bridgehead atoms.